The number of hydrogen-bond acceptors (Lipinski definition) is 4. The van der Waals surface area contributed by atoms with Crippen LogP contribution in [-0.4, -0.2) is 23.9 Å². The summed E-state index contributed by atoms with van der Waals surface area (Å²) in [6, 6.07) is 9.04. The number of nitrogens with two attached hydrogens (primary N) is 1. The highest BCUT2D eigenvalue weighted by Gasteiger charge is 2.32. The number of para-hydroxylation sites is 1. The Labute approximate surface area is 124 Å². The van der Waals surface area contributed by atoms with E-state index >= 15 is 0 Å². The van der Waals surface area contributed by atoms with Gasteiger partial charge in [-0.2, -0.15) is 5.26 Å². The largest absolute Gasteiger partial charge is 0.496 e. The number of carbonyl (C=O) groups excluding carboxylic acids is 1. The number of rotatable bonds is 5. The molecule has 1 atom stereocenters. The van der Waals surface area contributed by atoms with E-state index in [1.165, 1.54) is 0 Å². The number of hydrogen-bond donors (Lipinski definition) is 2. The van der Waals surface area contributed by atoms with Crippen molar-refractivity contribution in [1.29, 1.82) is 5.26 Å². The van der Waals surface area contributed by atoms with Gasteiger partial charge in [-0.15, -0.1) is 0 Å². The number of primary amides is 1. The zero-order chi connectivity index (χ0) is 15.3. The molecule has 1 heterocycles. The Morgan fingerprint density at radius 3 is 2.95 bits per heavy atom. The van der Waals surface area contributed by atoms with Gasteiger partial charge < -0.3 is 10.5 Å². The predicted octanol–water partition coefficient (Wildman–Crippen LogP) is 2.03. The van der Waals surface area contributed by atoms with Crippen molar-refractivity contribution in [1.82, 2.24) is 4.72 Å². The van der Waals surface area contributed by atoms with Crippen LogP contribution in [0.2, 0.25) is 0 Å². The number of amides is 2. The van der Waals surface area contributed by atoms with Crippen molar-refractivity contribution >= 4 is 21.3 Å². The van der Waals surface area contributed by atoms with E-state index in [0.717, 1.165) is 11.3 Å². The van der Waals surface area contributed by atoms with E-state index < -0.39 is 16.2 Å². The number of ether oxygens (including phenoxy) is 1. The Morgan fingerprint density at radius 1 is 1.52 bits per heavy atom. The Balaban J connectivity index is 2.22. The van der Waals surface area contributed by atoms with Crippen molar-refractivity contribution in [2.24, 2.45) is 10.7 Å². The van der Waals surface area contributed by atoms with Crippen molar-refractivity contribution in [2.45, 2.75) is 6.42 Å². The first-order valence-electron chi connectivity index (χ1n) is 6.26. The average Bonchev–Trinajstić information content (AvgIpc) is 2.87. The second-order valence-electron chi connectivity index (χ2n) is 4.36. The fourth-order valence-electron chi connectivity index (χ4n) is 2.13. The molecule has 2 rings (SSSR count). The molecule has 3 N–H and O–H groups in total. The SMILES string of the molecule is COc1ccccc1CCS1(NC(N)=O)C=CN=C1C#N. The van der Waals surface area contributed by atoms with Gasteiger partial charge in [0.1, 0.15) is 11.8 Å². The minimum absolute atomic E-state index is 0.316. The fourth-order valence-corrected chi connectivity index (χ4v) is 4.44. The van der Waals surface area contributed by atoms with Crippen LogP contribution >= 0.6 is 10.2 Å². The topological polar surface area (TPSA) is 100 Å². The lowest BCUT2D eigenvalue weighted by molar-refractivity contribution is 0.254. The van der Waals surface area contributed by atoms with Crippen LogP contribution < -0.4 is 15.2 Å². The molecule has 1 aliphatic heterocycles. The van der Waals surface area contributed by atoms with Gasteiger partial charge in [0.25, 0.3) is 0 Å². The first-order valence-corrected chi connectivity index (χ1v) is 8.12. The van der Waals surface area contributed by atoms with Crippen molar-refractivity contribution in [3.63, 3.8) is 0 Å². The highest BCUT2D eigenvalue weighted by molar-refractivity contribution is 8.47. The molecule has 0 fully saturated rings. The molecule has 110 valence electrons. The summed E-state index contributed by atoms with van der Waals surface area (Å²) in [7, 11) is -0.334. The summed E-state index contributed by atoms with van der Waals surface area (Å²) < 4.78 is 8.02. The molecular weight excluding hydrogens is 288 g/mol. The smallest absolute Gasteiger partial charge is 0.321 e. The average molecular weight is 304 g/mol. The predicted molar refractivity (Wildman–Crippen MR) is 84.1 cm³/mol. The molecule has 1 aromatic carbocycles. The Hall–Kier alpha value is -2.46. The monoisotopic (exact) mass is 304 g/mol. The van der Waals surface area contributed by atoms with Crippen LogP contribution in [0.3, 0.4) is 0 Å². The molecule has 6 nitrogen and oxygen atoms in total. The van der Waals surface area contributed by atoms with Crippen LogP contribution in [0.25, 0.3) is 0 Å². The lowest BCUT2D eigenvalue weighted by Crippen LogP contribution is -2.36. The fraction of sp³-hybridized carbons (Fsp3) is 0.214. The van der Waals surface area contributed by atoms with E-state index in [1.807, 2.05) is 30.3 Å². The van der Waals surface area contributed by atoms with Crippen LogP contribution in [0, 0.1) is 11.3 Å². The summed E-state index contributed by atoms with van der Waals surface area (Å²) in [5, 5.41) is 11.3. The van der Waals surface area contributed by atoms with Gasteiger partial charge in [0.05, 0.1) is 7.11 Å². The summed E-state index contributed by atoms with van der Waals surface area (Å²) >= 11 is 0. The highest BCUT2D eigenvalue weighted by atomic mass is 32.3. The molecule has 0 saturated carbocycles. The van der Waals surface area contributed by atoms with Gasteiger partial charge in [-0.05, 0) is 23.5 Å². The zero-order valence-corrected chi connectivity index (χ0v) is 12.4. The third kappa shape index (κ3) is 3.17. The number of aliphatic imine (C=N–C) groups is 1. The van der Waals surface area contributed by atoms with Gasteiger partial charge in [0.2, 0.25) is 0 Å². The molecular formula is C14H16N4O2S. The minimum Gasteiger partial charge on any atom is -0.496 e. The van der Waals surface area contributed by atoms with Crippen LogP contribution in [0.15, 0.2) is 40.9 Å². The molecule has 1 unspecified atom stereocenters. The molecule has 0 spiro atoms. The molecule has 0 bridgehead atoms. The van der Waals surface area contributed by atoms with Crippen LogP contribution in [0.4, 0.5) is 4.79 Å². The Bertz CT molecular complexity index is 651. The maximum Gasteiger partial charge on any atom is 0.321 e. The number of benzene rings is 1. The number of methoxy groups -OCH3 is 1. The number of urea groups is 1. The zero-order valence-electron chi connectivity index (χ0n) is 11.6. The number of nitrogens with zero attached hydrogens (tertiary/aromatic N) is 2. The number of nitrogens with one attached hydrogen (secondary N) is 1. The minimum atomic E-state index is -1.95. The van der Waals surface area contributed by atoms with Crippen molar-refractivity contribution in [3.05, 3.63) is 41.4 Å². The number of carbonyl (C=O) groups is 1. The molecule has 1 aromatic rings. The van der Waals surface area contributed by atoms with Crippen LogP contribution in [0.1, 0.15) is 5.56 Å². The lowest BCUT2D eigenvalue weighted by Gasteiger charge is -2.32. The lowest BCUT2D eigenvalue weighted by atomic mass is 10.1. The standard InChI is InChI=1S/C14H16N4O2S/c1-20-12-5-3-2-4-11(12)6-8-21(18-14(16)19)9-7-17-13(21)10-15/h2-5,7,9H,6,8H2,1H3,(H3,16,18,19). The van der Waals surface area contributed by atoms with E-state index in [-0.39, 0.29) is 0 Å². The third-order valence-corrected chi connectivity index (χ3v) is 5.98. The maximum absolute atomic E-state index is 11.3. The molecule has 0 aromatic heterocycles. The van der Waals surface area contributed by atoms with Gasteiger partial charge >= 0.3 is 6.03 Å². The molecule has 1 aliphatic rings. The second kappa shape index (κ2) is 6.33. The van der Waals surface area contributed by atoms with Crippen molar-refractivity contribution in [3.8, 4) is 11.8 Å². The van der Waals surface area contributed by atoms with E-state index in [2.05, 4.69) is 9.71 Å². The maximum atomic E-state index is 11.3. The second-order valence-corrected chi connectivity index (χ2v) is 7.21. The first kappa shape index (κ1) is 14.9. The summed E-state index contributed by atoms with van der Waals surface area (Å²) in [6.07, 6.45) is 2.19. The summed E-state index contributed by atoms with van der Waals surface area (Å²) in [4.78, 5) is 15.3. The molecule has 0 saturated heterocycles. The Kier molecular flexibility index (Phi) is 4.50. The van der Waals surface area contributed by atoms with E-state index in [4.69, 9.17) is 10.5 Å². The number of aryl methyl sites for hydroxylation is 1. The van der Waals surface area contributed by atoms with Crippen LogP contribution in [0.5, 0.6) is 5.75 Å². The van der Waals surface area contributed by atoms with E-state index in [1.54, 1.807) is 18.7 Å². The van der Waals surface area contributed by atoms with Crippen molar-refractivity contribution in [2.75, 3.05) is 12.9 Å². The summed E-state index contributed by atoms with van der Waals surface area (Å²) in [5.41, 5.74) is 6.26. The van der Waals surface area contributed by atoms with Gasteiger partial charge in [0.15, 0.2) is 5.04 Å². The van der Waals surface area contributed by atoms with Crippen molar-refractivity contribution < 1.29 is 9.53 Å². The Morgan fingerprint density at radius 2 is 2.29 bits per heavy atom. The molecule has 2 amide bonds. The quantitative estimate of drug-likeness (QED) is 0.870. The first-order chi connectivity index (χ1) is 10.1. The normalized spacial score (nSPS) is 22.8. The summed E-state index contributed by atoms with van der Waals surface area (Å²) in [6.45, 7) is 0. The third-order valence-electron chi connectivity index (χ3n) is 3.09. The highest BCUT2D eigenvalue weighted by Crippen LogP contribution is 2.50. The molecule has 0 aliphatic carbocycles. The van der Waals surface area contributed by atoms with Gasteiger partial charge in [-0.1, -0.05) is 28.4 Å². The molecule has 21 heavy (non-hydrogen) atoms. The molecule has 0 radical (unpaired) electrons. The molecule has 7 heteroatoms. The number of nitriles is 1. The van der Waals surface area contributed by atoms with Gasteiger partial charge in [-0.25, -0.2) is 9.79 Å². The summed E-state index contributed by atoms with van der Waals surface area (Å²) in [5.74, 6) is 1.34. The van der Waals surface area contributed by atoms with E-state index in [9.17, 15) is 10.1 Å². The van der Waals surface area contributed by atoms with Gasteiger partial charge in [0, 0.05) is 12.0 Å². The van der Waals surface area contributed by atoms with Crippen LogP contribution in [-0.2, 0) is 6.42 Å². The van der Waals surface area contributed by atoms with Gasteiger partial charge in [-0.3, -0.25) is 4.72 Å². The van der Waals surface area contributed by atoms with E-state index in [0.29, 0.717) is 17.2 Å².